The van der Waals surface area contributed by atoms with Crippen LogP contribution in [-0.4, -0.2) is 123 Å². The number of carbonyl (C=O) groups excluding carboxylic acids is 7. The van der Waals surface area contributed by atoms with E-state index in [1.165, 1.54) is 40.3 Å². The minimum atomic E-state index is -1.67. The van der Waals surface area contributed by atoms with E-state index in [1.807, 2.05) is 18.2 Å². The van der Waals surface area contributed by atoms with Gasteiger partial charge in [0.05, 0.1) is 13.0 Å². The van der Waals surface area contributed by atoms with Crippen molar-refractivity contribution in [3.05, 3.63) is 36.0 Å². The van der Waals surface area contributed by atoms with Gasteiger partial charge in [0.1, 0.15) is 30.2 Å². The second-order valence-corrected chi connectivity index (χ2v) is 15.5. The predicted octanol–water partition coefficient (Wildman–Crippen LogP) is -1.85. The maximum atomic E-state index is 14.1. The molecule has 0 radical (unpaired) electrons. The van der Waals surface area contributed by atoms with Crippen molar-refractivity contribution in [3.8, 4) is 0 Å². The molecule has 2 aromatic rings. The number of aromatic nitrogens is 1. The van der Waals surface area contributed by atoms with Crippen molar-refractivity contribution >= 4 is 85.8 Å². The van der Waals surface area contributed by atoms with Crippen LogP contribution < -0.4 is 43.8 Å². The maximum Gasteiger partial charge on any atom is 0.305 e. The summed E-state index contributed by atoms with van der Waals surface area (Å²) in [4.78, 5) is 112. The van der Waals surface area contributed by atoms with E-state index in [-0.39, 0.29) is 43.4 Å². The molecule has 5 atom stereocenters. The number of nitrogens with two attached hydrogens (primary N) is 3. The largest absolute Gasteiger partial charge is 0.481 e. The Morgan fingerprint density at radius 3 is 2.30 bits per heavy atom. The molecule has 306 valence electrons. The first kappa shape index (κ1) is 44.9. The summed E-state index contributed by atoms with van der Waals surface area (Å²) in [5.74, 6) is -6.69. The van der Waals surface area contributed by atoms with E-state index in [9.17, 15) is 43.5 Å². The molecule has 56 heavy (non-hydrogen) atoms. The Morgan fingerprint density at radius 1 is 0.893 bits per heavy atom. The molecule has 1 aromatic carbocycles. The Bertz CT molecular complexity index is 1790. The summed E-state index contributed by atoms with van der Waals surface area (Å²) < 4.78 is 0. The molecule has 1 aliphatic heterocycles. The fraction of sp³-hybridized carbons (Fsp3) is 0.500. The SMILES string of the molecule is CC1NC(=O)C(CC(=O)O)NC(=O)CNC(=O)C(CCCCN=C(N)N)NC(=O)CCSSCC(C(N)=O)NC(=O)C(C)N(Cc2c[nH]c3ccccc23)C1=O. The van der Waals surface area contributed by atoms with Crippen molar-refractivity contribution in [3.63, 3.8) is 0 Å². The number of carboxylic acid groups (broad SMARTS) is 1. The number of rotatable bonds is 10. The summed E-state index contributed by atoms with van der Waals surface area (Å²) in [6.07, 6.45) is 1.83. The number of nitrogens with one attached hydrogen (secondary N) is 6. The number of hydrogen-bond acceptors (Lipinski definition) is 11. The number of fused-ring (bicyclic) bond motifs is 1. The lowest BCUT2D eigenvalue weighted by molar-refractivity contribution is -0.144. The average molecular weight is 820 g/mol. The summed E-state index contributed by atoms with van der Waals surface area (Å²) in [6, 6.07) is 0.818. The number of carboxylic acids is 1. The third kappa shape index (κ3) is 14.3. The van der Waals surface area contributed by atoms with Crippen LogP contribution in [0.5, 0.6) is 0 Å². The zero-order valence-electron chi connectivity index (χ0n) is 31.0. The standard InChI is InChI=1S/C34H49N11O9S2/c1-18-33(54)45(16-20-14-39-22-8-4-3-7-21(20)22)19(2)30(51)44-25(29(35)50)17-56-55-12-10-26(46)42-23(9-5-6-11-38-34(36)37)31(52)40-15-27(47)43-24(13-28(48)49)32(53)41-18/h3-4,7-8,14,18-19,23-25,39H,5-6,9-13,15-17H2,1-2H3,(H2,35,50)(H,40,52)(H,41,53)(H,42,46)(H,43,47)(H,44,51)(H,48,49)(H4,36,37,38). The van der Waals surface area contributed by atoms with Crippen LogP contribution in [0.4, 0.5) is 0 Å². The number of primary amides is 1. The number of aliphatic imine (C=N–C) groups is 1. The highest BCUT2D eigenvalue weighted by atomic mass is 33.1. The molecule has 0 saturated carbocycles. The number of nitrogens with zero attached hydrogens (tertiary/aromatic N) is 2. The van der Waals surface area contributed by atoms with Crippen LogP contribution in [0.15, 0.2) is 35.5 Å². The Balaban J connectivity index is 1.90. The first-order chi connectivity index (χ1) is 26.6. The Hall–Kier alpha value is -5.51. The third-order valence-electron chi connectivity index (χ3n) is 8.57. The smallest absolute Gasteiger partial charge is 0.305 e. The van der Waals surface area contributed by atoms with Crippen molar-refractivity contribution in [1.82, 2.24) is 36.5 Å². The number of carbonyl (C=O) groups is 8. The van der Waals surface area contributed by atoms with Crippen molar-refractivity contribution in [2.75, 3.05) is 24.6 Å². The molecule has 1 fully saturated rings. The van der Waals surface area contributed by atoms with E-state index < -0.39 is 90.5 Å². The number of benzene rings is 1. The number of amides is 7. The van der Waals surface area contributed by atoms with Crippen molar-refractivity contribution in [2.45, 2.75) is 82.7 Å². The van der Waals surface area contributed by atoms with E-state index in [0.29, 0.717) is 18.4 Å². The van der Waals surface area contributed by atoms with Gasteiger partial charge in [0.25, 0.3) is 0 Å². The Labute approximate surface area is 330 Å². The van der Waals surface area contributed by atoms with Gasteiger partial charge in [0.15, 0.2) is 5.96 Å². The van der Waals surface area contributed by atoms with Gasteiger partial charge in [-0.1, -0.05) is 39.8 Å². The summed E-state index contributed by atoms with van der Waals surface area (Å²) in [5.41, 5.74) is 17.7. The summed E-state index contributed by atoms with van der Waals surface area (Å²) in [5, 5.41) is 22.6. The molecule has 7 amide bonds. The minimum Gasteiger partial charge on any atom is -0.481 e. The van der Waals surface area contributed by atoms with Crippen LogP contribution in [0.1, 0.15) is 51.5 Å². The molecule has 0 spiro atoms. The van der Waals surface area contributed by atoms with Crippen molar-refractivity contribution < 1.29 is 43.5 Å². The second kappa shape index (κ2) is 22.1. The first-order valence-corrected chi connectivity index (χ1v) is 20.2. The predicted molar refractivity (Wildman–Crippen MR) is 210 cm³/mol. The van der Waals surface area contributed by atoms with E-state index in [2.05, 4.69) is 36.6 Å². The van der Waals surface area contributed by atoms with Gasteiger partial charge in [-0.2, -0.15) is 0 Å². The molecule has 13 N–H and O–H groups in total. The molecular formula is C34H49N11O9S2. The molecule has 3 rings (SSSR count). The van der Waals surface area contributed by atoms with Crippen LogP contribution in [0, 0.1) is 0 Å². The average Bonchev–Trinajstić information content (AvgIpc) is 3.55. The number of guanidine groups is 1. The molecule has 1 aromatic heterocycles. The fourth-order valence-electron chi connectivity index (χ4n) is 5.54. The van der Waals surface area contributed by atoms with E-state index in [4.69, 9.17) is 17.2 Å². The van der Waals surface area contributed by atoms with Gasteiger partial charge in [-0.05, 0) is 44.7 Å². The second-order valence-electron chi connectivity index (χ2n) is 12.9. The van der Waals surface area contributed by atoms with Crippen molar-refractivity contribution in [1.29, 1.82) is 0 Å². The molecule has 0 aliphatic carbocycles. The fourth-order valence-corrected chi connectivity index (χ4v) is 7.70. The van der Waals surface area contributed by atoms with Crippen LogP contribution in [0.2, 0.25) is 0 Å². The molecule has 22 heteroatoms. The number of aromatic amines is 1. The molecule has 1 saturated heterocycles. The van der Waals surface area contributed by atoms with Crippen molar-refractivity contribution in [2.24, 2.45) is 22.2 Å². The lowest BCUT2D eigenvalue weighted by Gasteiger charge is -2.32. The molecule has 20 nitrogen and oxygen atoms in total. The number of unbranched alkanes of at least 4 members (excludes halogenated alkanes) is 1. The van der Waals surface area contributed by atoms with Gasteiger partial charge in [-0.25, -0.2) is 0 Å². The van der Waals surface area contributed by atoms with Gasteiger partial charge in [-0.15, -0.1) is 0 Å². The van der Waals surface area contributed by atoms with Crippen LogP contribution in [0.25, 0.3) is 10.9 Å². The molecule has 2 heterocycles. The van der Waals surface area contributed by atoms with Gasteiger partial charge in [-0.3, -0.25) is 43.3 Å². The molecule has 0 bridgehead atoms. The summed E-state index contributed by atoms with van der Waals surface area (Å²) in [6.45, 7) is 2.27. The number of para-hydroxylation sites is 1. The topological polar surface area (TPSA) is 326 Å². The summed E-state index contributed by atoms with van der Waals surface area (Å²) >= 11 is 0. The maximum absolute atomic E-state index is 14.1. The minimum absolute atomic E-state index is 0.0236. The lowest BCUT2D eigenvalue weighted by atomic mass is 10.1. The van der Waals surface area contributed by atoms with E-state index >= 15 is 0 Å². The van der Waals surface area contributed by atoms with Crippen LogP contribution >= 0.6 is 21.6 Å². The van der Waals surface area contributed by atoms with Gasteiger partial charge in [0, 0.05) is 48.1 Å². The monoisotopic (exact) mass is 819 g/mol. The van der Waals surface area contributed by atoms with Gasteiger partial charge < -0.3 is 58.8 Å². The van der Waals surface area contributed by atoms with Gasteiger partial charge in [0.2, 0.25) is 41.4 Å². The zero-order valence-corrected chi connectivity index (χ0v) is 32.6. The normalized spacial score (nSPS) is 22.9. The Kier molecular flexibility index (Phi) is 17.7. The molecule has 5 unspecified atom stereocenters. The van der Waals surface area contributed by atoms with Crippen LogP contribution in [0.3, 0.4) is 0 Å². The highest BCUT2D eigenvalue weighted by Gasteiger charge is 2.34. The molecular weight excluding hydrogens is 771 g/mol. The first-order valence-electron chi connectivity index (χ1n) is 17.7. The highest BCUT2D eigenvalue weighted by Crippen LogP contribution is 2.24. The third-order valence-corrected chi connectivity index (χ3v) is 11.0. The number of H-pyrrole nitrogens is 1. The van der Waals surface area contributed by atoms with Crippen LogP contribution in [-0.2, 0) is 44.9 Å². The highest BCUT2D eigenvalue weighted by molar-refractivity contribution is 8.76. The van der Waals surface area contributed by atoms with E-state index in [1.54, 1.807) is 12.3 Å². The molecule has 1 aliphatic rings. The summed E-state index contributed by atoms with van der Waals surface area (Å²) in [7, 11) is 2.41. The van der Waals surface area contributed by atoms with Gasteiger partial charge >= 0.3 is 5.97 Å². The number of aliphatic carboxylic acids is 1. The zero-order chi connectivity index (χ0) is 41.4. The number of hydrogen-bond donors (Lipinski definition) is 10. The van der Waals surface area contributed by atoms with E-state index in [0.717, 1.165) is 10.9 Å². The Morgan fingerprint density at radius 2 is 1.61 bits per heavy atom. The lowest BCUT2D eigenvalue weighted by Crippen LogP contribution is -2.58. The quantitative estimate of drug-likeness (QED) is 0.0546.